The van der Waals surface area contributed by atoms with E-state index in [1.807, 2.05) is 49.1 Å². The van der Waals surface area contributed by atoms with Crippen molar-refractivity contribution in [3.05, 3.63) is 53.5 Å². The molecule has 4 rings (SSSR count). The summed E-state index contributed by atoms with van der Waals surface area (Å²) < 4.78 is 11.9. The van der Waals surface area contributed by atoms with Gasteiger partial charge in [-0.25, -0.2) is 4.98 Å². The Kier molecular flexibility index (Phi) is 4.36. The smallest absolute Gasteiger partial charge is 0.254 e. The molecule has 2 aliphatic rings. The molecule has 0 aromatic carbocycles. The maximum absolute atomic E-state index is 12.8. The minimum Gasteiger partial charge on any atom is -0.477 e. The number of ether oxygens (including phenoxy) is 2. The van der Waals surface area contributed by atoms with Crippen LogP contribution < -0.4 is 4.74 Å². The van der Waals surface area contributed by atoms with E-state index in [9.17, 15) is 4.79 Å². The van der Waals surface area contributed by atoms with Gasteiger partial charge in [0.1, 0.15) is 5.60 Å². The number of rotatable bonds is 4. The molecule has 1 spiro atoms. The molecule has 26 heavy (non-hydrogen) atoms. The lowest BCUT2D eigenvalue weighted by Crippen LogP contribution is -2.66. The molecule has 0 bridgehead atoms. The van der Waals surface area contributed by atoms with E-state index in [-0.39, 0.29) is 17.4 Å². The third-order valence-electron chi connectivity index (χ3n) is 5.20. The van der Waals surface area contributed by atoms with Crippen LogP contribution >= 0.6 is 0 Å². The van der Waals surface area contributed by atoms with E-state index in [0.29, 0.717) is 37.7 Å². The Morgan fingerprint density at radius 2 is 2.08 bits per heavy atom. The Morgan fingerprint density at radius 3 is 2.77 bits per heavy atom. The molecule has 2 aliphatic heterocycles. The summed E-state index contributed by atoms with van der Waals surface area (Å²) in [7, 11) is 0. The lowest BCUT2D eigenvalue weighted by Gasteiger charge is -2.50. The van der Waals surface area contributed by atoms with Crippen LogP contribution in [-0.2, 0) is 4.74 Å². The lowest BCUT2D eigenvalue weighted by molar-refractivity contribution is -0.122. The summed E-state index contributed by atoms with van der Waals surface area (Å²) in [5, 5.41) is 0. The van der Waals surface area contributed by atoms with Gasteiger partial charge in [0.2, 0.25) is 5.88 Å². The lowest BCUT2D eigenvalue weighted by atomic mass is 9.81. The van der Waals surface area contributed by atoms with Crippen LogP contribution in [0.3, 0.4) is 0 Å². The molecule has 1 unspecified atom stereocenters. The first-order chi connectivity index (χ1) is 12.6. The van der Waals surface area contributed by atoms with Crippen molar-refractivity contribution in [1.29, 1.82) is 0 Å². The molecular formula is C20H23N3O3. The van der Waals surface area contributed by atoms with Gasteiger partial charge in [-0.05, 0) is 38.5 Å². The van der Waals surface area contributed by atoms with Gasteiger partial charge in [0, 0.05) is 41.7 Å². The monoisotopic (exact) mass is 353 g/mol. The van der Waals surface area contributed by atoms with E-state index in [1.165, 1.54) is 0 Å². The predicted molar refractivity (Wildman–Crippen MR) is 96.1 cm³/mol. The van der Waals surface area contributed by atoms with Gasteiger partial charge in [-0.2, -0.15) is 0 Å². The van der Waals surface area contributed by atoms with Crippen molar-refractivity contribution in [1.82, 2.24) is 14.9 Å². The van der Waals surface area contributed by atoms with Crippen molar-refractivity contribution in [2.24, 2.45) is 5.92 Å². The van der Waals surface area contributed by atoms with Crippen LogP contribution in [0.5, 0.6) is 5.88 Å². The van der Waals surface area contributed by atoms with Gasteiger partial charge < -0.3 is 14.4 Å². The highest BCUT2D eigenvalue weighted by Crippen LogP contribution is 2.40. The highest BCUT2D eigenvalue weighted by molar-refractivity contribution is 5.95. The molecule has 1 amide bonds. The summed E-state index contributed by atoms with van der Waals surface area (Å²) in [5.41, 5.74) is 2.15. The average Bonchev–Trinajstić information content (AvgIpc) is 3.02. The number of aryl methyl sites for hydroxylation is 2. The summed E-state index contributed by atoms with van der Waals surface area (Å²) in [5.74, 6) is 0.947. The van der Waals surface area contributed by atoms with Crippen LogP contribution in [0.4, 0.5) is 0 Å². The molecule has 0 radical (unpaired) electrons. The van der Waals surface area contributed by atoms with Gasteiger partial charge in [0.25, 0.3) is 5.91 Å². The largest absolute Gasteiger partial charge is 0.477 e. The fourth-order valence-electron chi connectivity index (χ4n) is 3.87. The minimum absolute atomic E-state index is 0.0455. The number of aromatic nitrogens is 2. The van der Waals surface area contributed by atoms with Gasteiger partial charge in [0.15, 0.2) is 0 Å². The van der Waals surface area contributed by atoms with E-state index in [2.05, 4.69) is 9.97 Å². The van der Waals surface area contributed by atoms with Crippen LogP contribution in [0.1, 0.15) is 28.2 Å². The zero-order valence-electron chi connectivity index (χ0n) is 15.1. The molecule has 2 fully saturated rings. The van der Waals surface area contributed by atoms with Crippen molar-refractivity contribution in [3.8, 4) is 5.88 Å². The number of likely N-dealkylation sites (tertiary alicyclic amines) is 1. The van der Waals surface area contributed by atoms with Crippen molar-refractivity contribution in [2.45, 2.75) is 25.9 Å². The molecule has 4 heterocycles. The first-order valence-corrected chi connectivity index (χ1v) is 8.98. The fraction of sp³-hybridized carbons (Fsp3) is 0.450. The zero-order chi connectivity index (χ0) is 18.1. The molecule has 0 aliphatic carbocycles. The van der Waals surface area contributed by atoms with Gasteiger partial charge in [-0.15, -0.1) is 0 Å². The van der Waals surface area contributed by atoms with Crippen molar-refractivity contribution in [3.63, 3.8) is 0 Å². The number of pyridine rings is 2. The minimum atomic E-state index is -0.276. The maximum atomic E-state index is 12.8. The predicted octanol–water partition coefficient (Wildman–Crippen LogP) is 2.40. The average molecular weight is 353 g/mol. The number of carbonyl (C=O) groups excluding carboxylic acids is 1. The highest BCUT2D eigenvalue weighted by atomic mass is 16.5. The second-order valence-electron chi connectivity index (χ2n) is 7.18. The van der Waals surface area contributed by atoms with Gasteiger partial charge in [-0.3, -0.25) is 9.78 Å². The first-order valence-electron chi connectivity index (χ1n) is 8.98. The van der Waals surface area contributed by atoms with E-state index in [1.54, 1.807) is 6.20 Å². The molecule has 2 saturated heterocycles. The first kappa shape index (κ1) is 17.0. The Bertz CT molecular complexity index is 783. The quantitative estimate of drug-likeness (QED) is 0.844. The SMILES string of the molecule is Cc1cc(C(=O)N2CC3(C2)OCCC3COc2ccccn2)cc(C)n1. The fourth-order valence-corrected chi connectivity index (χ4v) is 3.87. The molecule has 2 aromatic heterocycles. The van der Waals surface area contributed by atoms with Crippen molar-refractivity contribution in [2.75, 3.05) is 26.3 Å². The van der Waals surface area contributed by atoms with Crippen LogP contribution in [-0.4, -0.2) is 52.7 Å². The second kappa shape index (κ2) is 6.68. The van der Waals surface area contributed by atoms with Gasteiger partial charge in [0.05, 0.1) is 19.7 Å². The number of nitrogens with zero attached hydrogens (tertiary/aromatic N) is 3. The van der Waals surface area contributed by atoms with Gasteiger partial charge >= 0.3 is 0 Å². The maximum Gasteiger partial charge on any atom is 0.254 e. The summed E-state index contributed by atoms with van der Waals surface area (Å²) in [4.78, 5) is 23.1. The van der Waals surface area contributed by atoms with Crippen LogP contribution in [0.2, 0.25) is 0 Å². The summed E-state index contributed by atoms with van der Waals surface area (Å²) in [6.07, 6.45) is 2.67. The molecule has 6 nitrogen and oxygen atoms in total. The normalized spacial score (nSPS) is 20.8. The third-order valence-corrected chi connectivity index (χ3v) is 5.20. The summed E-state index contributed by atoms with van der Waals surface area (Å²) in [6.45, 7) is 6.32. The Balaban J connectivity index is 1.39. The highest BCUT2D eigenvalue weighted by Gasteiger charge is 2.54. The van der Waals surface area contributed by atoms with Crippen LogP contribution in [0.15, 0.2) is 36.5 Å². The van der Waals surface area contributed by atoms with Crippen LogP contribution in [0.25, 0.3) is 0 Å². The third kappa shape index (κ3) is 3.17. The second-order valence-corrected chi connectivity index (χ2v) is 7.18. The van der Waals surface area contributed by atoms with Crippen LogP contribution in [0, 0.1) is 19.8 Å². The molecule has 0 saturated carbocycles. The molecule has 1 atom stereocenters. The standard InChI is InChI=1S/C20H23N3O3/c1-14-9-16(10-15(2)22-14)19(24)23-12-20(13-23)17(6-8-26-20)11-25-18-5-3-4-7-21-18/h3-5,7,9-10,17H,6,8,11-13H2,1-2H3. The van der Waals surface area contributed by atoms with E-state index < -0.39 is 0 Å². The summed E-state index contributed by atoms with van der Waals surface area (Å²) in [6, 6.07) is 9.32. The van der Waals surface area contributed by atoms with E-state index in [4.69, 9.17) is 9.47 Å². The zero-order valence-corrected chi connectivity index (χ0v) is 15.1. The molecule has 0 N–H and O–H groups in total. The number of hydrogen-bond acceptors (Lipinski definition) is 5. The molecule has 2 aromatic rings. The number of carbonyl (C=O) groups is 1. The molecule has 6 heteroatoms. The Labute approximate surface area is 153 Å². The Morgan fingerprint density at radius 1 is 1.31 bits per heavy atom. The topological polar surface area (TPSA) is 64.6 Å². The van der Waals surface area contributed by atoms with Crippen molar-refractivity contribution >= 4 is 5.91 Å². The summed E-state index contributed by atoms with van der Waals surface area (Å²) >= 11 is 0. The van der Waals surface area contributed by atoms with E-state index >= 15 is 0 Å². The molecule has 136 valence electrons. The van der Waals surface area contributed by atoms with E-state index in [0.717, 1.165) is 17.8 Å². The number of amides is 1. The number of hydrogen-bond donors (Lipinski definition) is 0. The van der Waals surface area contributed by atoms with Gasteiger partial charge in [-0.1, -0.05) is 6.07 Å². The molecular weight excluding hydrogens is 330 g/mol. The van der Waals surface area contributed by atoms with Crippen molar-refractivity contribution < 1.29 is 14.3 Å². The Hall–Kier alpha value is -2.47.